The minimum absolute atomic E-state index is 0.101. The van der Waals surface area contributed by atoms with Gasteiger partial charge in [-0.15, -0.1) is 0 Å². The van der Waals surface area contributed by atoms with Crippen LogP contribution in [0.15, 0.2) is 24.3 Å². The molecule has 0 spiro atoms. The fourth-order valence-electron chi connectivity index (χ4n) is 2.94. The van der Waals surface area contributed by atoms with Crippen LogP contribution in [-0.2, 0) is 4.79 Å². The number of rotatable bonds is 5. The molecule has 4 heteroatoms. The number of nitrogens with zero attached hydrogens (tertiary/aromatic N) is 1. The van der Waals surface area contributed by atoms with Crippen molar-refractivity contribution >= 4 is 17.6 Å². The molecule has 0 atom stereocenters. The second kappa shape index (κ2) is 7.25. The van der Waals surface area contributed by atoms with Crippen LogP contribution in [0, 0.1) is 5.92 Å². The van der Waals surface area contributed by atoms with Crippen LogP contribution in [-0.4, -0.2) is 24.0 Å². The maximum absolute atomic E-state index is 12.2. The normalized spacial score (nSPS) is 15.7. The molecule has 0 aliphatic heterocycles. The predicted octanol–water partition coefficient (Wildman–Crippen LogP) is 3.71. The van der Waals surface area contributed by atoms with Gasteiger partial charge in [0.25, 0.3) is 0 Å². The number of aromatic carboxylic acids is 1. The van der Waals surface area contributed by atoms with E-state index in [-0.39, 0.29) is 11.5 Å². The fraction of sp³-hybridized carbons (Fsp3) is 0.529. The van der Waals surface area contributed by atoms with Crippen molar-refractivity contribution in [1.29, 1.82) is 0 Å². The summed E-state index contributed by atoms with van der Waals surface area (Å²) in [6.07, 6.45) is 7.98. The van der Waals surface area contributed by atoms with Crippen molar-refractivity contribution in [3.8, 4) is 0 Å². The molecule has 21 heavy (non-hydrogen) atoms. The molecule has 4 nitrogen and oxygen atoms in total. The lowest BCUT2D eigenvalue weighted by Crippen LogP contribution is -2.26. The van der Waals surface area contributed by atoms with Crippen molar-refractivity contribution in [2.45, 2.75) is 44.9 Å². The number of carboxylic acid groups (broad SMARTS) is 1. The van der Waals surface area contributed by atoms with Gasteiger partial charge in [-0.3, -0.25) is 4.79 Å². The highest BCUT2D eigenvalue weighted by Crippen LogP contribution is 2.27. The molecule has 1 saturated carbocycles. The molecule has 1 aromatic rings. The maximum atomic E-state index is 12.2. The Morgan fingerprint density at radius 1 is 1.14 bits per heavy atom. The Morgan fingerprint density at radius 2 is 1.76 bits per heavy atom. The third-order valence-electron chi connectivity index (χ3n) is 4.37. The Balaban J connectivity index is 1.87. The summed E-state index contributed by atoms with van der Waals surface area (Å²) in [7, 11) is 1.75. The molecule has 114 valence electrons. The van der Waals surface area contributed by atoms with Crippen LogP contribution in [0.5, 0.6) is 0 Å². The fourth-order valence-corrected chi connectivity index (χ4v) is 2.94. The van der Waals surface area contributed by atoms with Crippen LogP contribution in [0.4, 0.5) is 5.69 Å². The molecule has 0 saturated heterocycles. The van der Waals surface area contributed by atoms with E-state index < -0.39 is 5.97 Å². The van der Waals surface area contributed by atoms with Gasteiger partial charge in [0.2, 0.25) is 5.91 Å². The Hall–Kier alpha value is -1.84. The summed E-state index contributed by atoms with van der Waals surface area (Å²) in [4.78, 5) is 24.6. The number of hydrogen-bond acceptors (Lipinski definition) is 2. The second-order valence-electron chi connectivity index (χ2n) is 5.85. The van der Waals surface area contributed by atoms with Crippen LogP contribution >= 0.6 is 0 Å². The topological polar surface area (TPSA) is 57.6 Å². The van der Waals surface area contributed by atoms with Gasteiger partial charge in [-0.2, -0.15) is 0 Å². The zero-order valence-electron chi connectivity index (χ0n) is 12.5. The molecule has 1 N–H and O–H groups in total. The summed E-state index contributed by atoms with van der Waals surface area (Å²) in [5.74, 6) is -0.151. The van der Waals surface area contributed by atoms with Crippen LogP contribution in [0.3, 0.4) is 0 Å². The first kappa shape index (κ1) is 15.5. The monoisotopic (exact) mass is 289 g/mol. The summed E-state index contributed by atoms with van der Waals surface area (Å²) < 4.78 is 0. The molecular formula is C17H23NO3. The zero-order valence-corrected chi connectivity index (χ0v) is 12.5. The van der Waals surface area contributed by atoms with E-state index in [1.165, 1.54) is 44.2 Å². The molecule has 1 amide bonds. The van der Waals surface area contributed by atoms with E-state index in [1.807, 2.05) is 0 Å². The van der Waals surface area contributed by atoms with E-state index in [9.17, 15) is 9.59 Å². The van der Waals surface area contributed by atoms with Gasteiger partial charge in [0.15, 0.2) is 0 Å². The summed E-state index contributed by atoms with van der Waals surface area (Å²) >= 11 is 0. The van der Waals surface area contributed by atoms with Crippen molar-refractivity contribution in [1.82, 2.24) is 0 Å². The highest BCUT2D eigenvalue weighted by molar-refractivity contribution is 5.94. The molecule has 1 aromatic carbocycles. The molecule has 0 aromatic heterocycles. The van der Waals surface area contributed by atoms with E-state index in [1.54, 1.807) is 24.1 Å². The van der Waals surface area contributed by atoms with Crippen LogP contribution < -0.4 is 4.90 Å². The SMILES string of the molecule is CN(C(=O)CCC1CCCCC1)c1ccc(C(=O)O)cc1. The zero-order chi connectivity index (χ0) is 15.2. The Bertz CT molecular complexity index is 489. The summed E-state index contributed by atoms with van der Waals surface area (Å²) in [6.45, 7) is 0. The molecule has 0 unspecified atom stereocenters. The highest BCUT2D eigenvalue weighted by Gasteiger charge is 2.17. The minimum Gasteiger partial charge on any atom is -0.478 e. The van der Waals surface area contributed by atoms with E-state index in [0.717, 1.165) is 12.1 Å². The third kappa shape index (κ3) is 4.31. The highest BCUT2D eigenvalue weighted by atomic mass is 16.4. The third-order valence-corrected chi connectivity index (χ3v) is 4.37. The molecule has 1 aliphatic carbocycles. The number of carboxylic acids is 1. The summed E-state index contributed by atoms with van der Waals surface area (Å²) in [6, 6.07) is 6.43. The van der Waals surface area contributed by atoms with Crippen LogP contribution in [0.1, 0.15) is 55.3 Å². The molecule has 0 bridgehead atoms. The Morgan fingerprint density at radius 3 is 2.33 bits per heavy atom. The molecule has 2 rings (SSSR count). The van der Waals surface area contributed by atoms with Crippen molar-refractivity contribution in [2.24, 2.45) is 5.92 Å². The standard InChI is InChI=1S/C17H23NO3/c1-18(15-10-8-14(9-11-15)17(20)21)16(19)12-7-13-5-3-2-4-6-13/h8-11,13H,2-7,12H2,1H3,(H,20,21). The molecular weight excluding hydrogens is 266 g/mol. The van der Waals surface area contributed by atoms with E-state index in [2.05, 4.69) is 0 Å². The van der Waals surface area contributed by atoms with E-state index >= 15 is 0 Å². The van der Waals surface area contributed by atoms with Gasteiger partial charge in [0.1, 0.15) is 0 Å². The van der Waals surface area contributed by atoms with Gasteiger partial charge in [0.05, 0.1) is 5.56 Å². The van der Waals surface area contributed by atoms with E-state index in [4.69, 9.17) is 5.11 Å². The van der Waals surface area contributed by atoms with Gasteiger partial charge in [-0.25, -0.2) is 4.79 Å². The number of hydrogen-bond donors (Lipinski definition) is 1. The molecule has 1 fully saturated rings. The first-order chi connectivity index (χ1) is 10.1. The minimum atomic E-state index is -0.951. The largest absolute Gasteiger partial charge is 0.478 e. The smallest absolute Gasteiger partial charge is 0.335 e. The molecule has 1 aliphatic rings. The van der Waals surface area contributed by atoms with Crippen LogP contribution in [0.2, 0.25) is 0 Å². The van der Waals surface area contributed by atoms with Gasteiger partial charge in [-0.1, -0.05) is 32.1 Å². The number of benzene rings is 1. The number of carbonyl (C=O) groups excluding carboxylic acids is 1. The second-order valence-corrected chi connectivity index (χ2v) is 5.85. The van der Waals surface area contributed by atoms with Crippen molar-refractivity contribution < 1.29 is 14.7 Å². The summed E-state index contributed by atoms with van der Waals surface area (Å²) in [5.41, 5.74) is 0.982. The predicted molar refractivity (Wildman–Crippen MR) is 82.6 cm³/mol. The first-order valence-corrected chi connectivity index (χ1v) is 7.68. The lowest BCUT2D eigenvalue weighted by molar-refractivity contribution is -0.118. The molecule has 0 heterocycles. The van der Waals surface area contributed by atoms with Gasteiger partial charge < -0.3 is 10.0 Å². The lowest BCUT2D eigenvalue weighted by atomic mass is 9.86. The number of anilines is 1. The van der Waals surface area contributed by atoms with Gasteiger partial charge in [0, 0.05) is 19.2 Å². The number of amides is 1. The lowest BCUT2D eigenvalue weighted by Gasteiger charge is -2.23. The van der Waals surface area contributed by atoms with Crippen molar-refractivity contribution in [3.05, 3.63) is 29.8 Å². The van der Waals surface area contributed by atoms with Crippen molar-refractivity contribution in [3.63, 3.8) is 0 Å². The van der Waals surface area contributed by atoms with Gasteiger partial charge >= 0.3 is 5.97 Å². The quantitative estimate of drug-likeness (QED) is 0.899. The maximum Gasteiger partial charge on any atom is 0.335 e. The molecule has 0 radical (unpaired) electrons. The summed E-state index contributed by atoms with van der Waals surface area (Å²) in [5, 5.41) is 8.87. The van der Waals surface area contributed by atoms with Gasteiger partial charge in [-0.05, 0) is 36.6 Å². The Labute approximate surface area is 125 Å². The Kier molecular flexibility index (Phi) is 5.37. The van der Waals surface area contributed by atoms with Crippen molar-refractivity contribution in [2.75, 3.05) is 11.9 Å². The van der Waals surface area contributed by atoms with Crippen LogP contribution in [0.25, 0.3) is 0 Å². The average Bonchev–Trinajstić information content (AvgIpc) is 2.53. The average molecular weight is 289 g/mol. The number of carbonyl (C=O) groups is 2. The van der Waals surface area contributed by atoms with E-state index in [0.29, 0.717) is 12.3 Å². The first-order valence-electron chi connectivity index (χ1n) is 7.68.